The van der Waals surface area contributed by atoms with Crippen molar-refractivity contribution >= 4 is 31.4 Å². The molecule has 0 unspecified atom stereocenters. The number of nitrogens with two attached hydrogens (primary N) is 1. The zero-order valence-corrected chi connectivity index (χ0v) is 14.5. The highest BCUT2D eigenvalue weighted by Crippen LogP contribution is 2.36. The lowest BCUT2D eigenvalue weighted by Gasteiger charge is -2.26. The molecule has 0 amide bonds. The summed E-state index contributed by atoms with van der Waals surface area (Å²) in [6.45, 7) is 6.76. The van der Waals surface area contributed by atoms with Crippen molar-refractivity contribution in [3.05, 3.63) is 29.1 Å². The fourth-order valence-corrected chi connectivity index (χ4v) is 5.58. The maximum Gasteiger partial charge on any atom is 0.244 e. The Labute approximate surface area is 130 Å². The quantitative estimate of drug-likeness (QED) is 0.939. The summed E-state index contributed by atoms with van der Waals surface area (Å²) >= 11 is 1.46. The Bertz CT molecular complexity index is 743. The standard InChI is InChI=1S/C15H22N2O2S2/c1-15(2,3)10-17(4)21(18,19)14-11-7-5-6-8-12(11)20-13(14)9-16/h5-8H,9-10,16H2,1-4H3. The number of sulfonamides is 1. The molecule has 0 saturated heterocycles. The van der Waals surface area contributed by atoms with Gasteiger partial charge in [-0.2, -0.15) is 0 Å². The average Bonchev–Trinajstić information content (AvgIpc) is 2.75. The highest BCUT2D eigenvalue weighted by atomic mass is 32.2. The van der Waals surface area contributed by atoms with Gasteiger partial charge in [-0.05, 0) is 11.5 Å². The predicted octanol–water partition coefficient (Wildman–Crippen LogP) is 3.03. The Morgan fingerprint density at radius 1 is 1.24 bits per heavy atom. The van der Waals surface area contributed by atoms with Gasteiger partial charge < -0.3 is 5.73 Å². The van der Waals surface area contributed by atoms with Crippen LogP contribution in [0.4, 0.5) is 0 Å². The molecule has 0 fully saturated rings. The minimum Gasteiger partial charge on any atom is -0.326 e. The second kappa shape index (κ2) is 5.68. The Morgan fingerprint density at radius 2 is 1.86 bits per heavy atom. The van der Waals surface area contributed by atoms with Gasteiger partial charge in [0.2, 0.25) is 10.0 Å². The van der Waals surface area contributed by atoms with E-state index in [1.165, 1.54) is 15.6 Å². The zero-order chi connectivity index (χ0) is 15.8. The molecule has 6 heteroatoms. The highest BCUT2D eigenvalue weighted by molar-refractivity contribution is 7.89. The van der Waals surface area contributed by atoms with Crippen LogP contribution in [0.2, 0.25) is 0 Å². The fraction of sp³-hybridized carbons (Fsp3) is 0.467. The zero-order valence-electron chi connectivity index (χ0n) is 12.9. The van der Waals surface area contributed by atoms with Gasteiger partial charge in [-0.3, -0.25) is 0 Å². The van der Waals surface area contributed by atoms with Gasteiger partial charge in [0, 0.05) is 35.1 Å². The van der Waals surface area contributed by atoms with Crippen molar-refractivity contribution in [1.82, 2.24) is 4.31 Å². The van der Waals surface area contributed by atoms with Gasteiger partial charge >= 0.3 is 0 Å². The van der Waals surface area contributed by atoms with E-state index in [9.17, 15) is 8.42 Å². The number of fused-ring (bicyclic) bond motifs is 1. The lowest BCUT2D eigenvalue weighted by molar-refractivity contribution is 0.311. The molecule has 2 rings (SSSR count). The van der Waals surface area contributed by atoms with Crippen LogP contribution in [0, 0.1) is 5.41 Å². The largest absolute Gasteiger partial charge is 0.326 e. The van der Waals surface area contributed by atoms with Crippen LogP contribution in [0.1, 0.15) is 25.6 Å². The molecule has 0 saturated carbocycles. The third-order valence-electron chi connectivity index (χ3n) is 3.17. The van der Waals surface area contributed by atoms with Crippen LogP contribution in [0.15, 0.2) is 29.2 Å². The molecule has 0 atom stereocenters. The first-order chi connectivity index (χ1) is 9.66. The maximum atomic E-state index is 12.9. The van der Waals surface area contributed by atoms with E-state index in [0.29, 0.717) is 11.4 Å². The molecule has 2 N–H and O–H groups in total. The molecule has 0 radical (unpaired) electrons. The number of nitrogens with zero attached hydrogens (tertiary/aromatic N) is 1. The van der Waals surface area contributed by atoms with Gasteiger partial charge in [-0.1, -0.05) is 39.0 Å². The molecule has 1 heterocycles. The van der Waals surface area contributed by atoms with E-state index in [1.807, 2.05) is 45.0 Å². The SMILES string of the molecule is CN(CC(C)(C)C)S(=O)(=O)c1c(CN)sc2ccccc12. The Hall–Kier alpha value is -0.950. The molecule has 116 valence electrons. The first kappa shape index (κ1) is 16.4. The molecular weight excluding hydrogens is 304 g/mol. The minimum atomic E-state index is -3.53. The van der Waals surface area contributed by atoms with Crippen LogP contribution in [0.3, 0.4) is 0 Å². The van der Waals surface area contributed by atoms with Crippen molar-refractivity contribution < 1.29 is 8.42 Å². The first-order valence-electron chi connectivity index (χ1n) is 6.83. The smallest absolute Gasteiger partial charge is 0.244 e. The van der Waals surface area contributed by atoms with Crippen LogP contribution in [-0.2, 0) is 16.6 Å². The summed E-state index contributed by atoms with van der Waals surface area (Å²) in [5.74, 6) is 0. The predicted molar refractivity (Wildman–Crippen MR) is 89.0 cm³/mol. The van der Waals surface area contributed by atoms with E-state index in [2.05, 4.69) is 0 Å². The molecule has 0 aliphatic carbocycles. The topological polar surface area (TPSA) is 63.4 Å². The second-order valence-corrected chi connectivity index (χ2v) is 9.49. The van der Waals surface area contributed by atoms with Crippen LogP contribution < -0.4 is 5.73 Å². The molecule has 0 aliphatic heterocycles. The summed E-state index contributed by atoms with van der Waals surface area (Å²) in [5, 5.41) is 0.767. The third kappa shape index (κ3) is 3.29. The number of hydrogen-bond donors (Lipinski definition) is 1. The number of benzene rings is 1. The second-order valence-electron chi connectivity index (χ2n) is 6.38. The van der Waals surface area contributed by atoms with Gasteiger partial charge in [0.15, 0.2) is 0 Å². The van der Waals surface area contributed by atoms with E-state index in [4.69, 9.17) is 5.73 Å². The monoisotopic (exact) mass is 326 g/mol. The number of rotatable bonds is 4. The van der Waals surface area contributed by atoms with Gasteiger partial charge in [0.1, 0.15) is 4.90 Å². The van der Waals surface area contributed by atoms with E-state index in [1.54, 1.807) is 7.05 Å². The van der Waals surface area contributed by atoms with Crippen molar-refractivity contribution in [2.24, 2.45) is 11.1 Å². The van der Waals surface area contributed by atoms with E-state index in [0.717, 1.165) is 15.0 Å². The lowest BCUT2D eigenvalue weighted by Crippen LogP contribution is -2.34. The molecule has 1 aromatic heterocycles. The molecular formula is C15H22N2O2S2. The molecule has 0 aliphatic rings. The summed E-state index contributed by atoms with van der Waals surface area (Å²) in [7, 11) is -1.90. The minimum absolute atomic E-state index is 0.101. The summed E-state index contributed by atoms with van der Waals surface area (Å²) in [4.78, 5) is 1.09. The highest BCUT2D eigenvalue weighted by Gasteiger charge is 2.30. The molecule has 21 heavy (non-hydrogen) atoms. The van der Waals surface area contributed by atoms with E-state index >= 15 is 0 Å². The Morgan fingerprint density at radius 3 is 2.43 bits per heavy atom. The molecule has 2 aromatic rings. The maximum absolute atomic E-state index is 12.9. The van der Waals surface area contributed by atoms with Crippen molar-refractivity contribution in [3.63, 3.8) is 0 Å². The summed E-state index contributed by atoms with van der Waals surface area (Å²) < 4.78 is 28.3. The number of hydrogen-bond acceptors (Lipinski definition) is 4. The molecule has 0 bridgehead atoms. The van der Waals surface area contributed by atoms with Gasteiger partial charge in [-0.25, -0.2) is 12.7 Å². The van der Waals surface area contributed by atoms with Crippen molar-refractivity contribution in [2.75, 3.05) is 13.6 Å². The van der Waals surface area contributed by atoms with Gasteiger partial charge in [-0.15, -0.1) is 11.3 Å². The van der Waals surface area contributed by atoms with Crippen LogP contribution in [0.25, 0.3) is 10.1 Å². The average molecular weight is 326 g/mol. The lowest BCUT2D eigenvalue weighted by atomic mass is 9.97. The summed E-state index contributed by atoms with van der Waals surface area (Å²) in [6, 6.07) is 7.55. The Kier molecular flexibility index (Phi) is 4.44. The fourth-order valence-electron chi connectivity index (χ4n) is 2.40. The van der Waals surface area contributed by atoms with Crippen molar-refractivity contribution in [2.45, 2.75) is 32.2 Å². The van der Waals surface area contributed by atoms with E-state index < -0.39 is 10.0 Å². The molecule has 4 nitrogen and oxygen atoms in total. The van der Waals surface area contributed by atoms with Gasteiger partial charge in [0.25, 0.3) is 0 Å². The number of thiophene rings is 1. The molecule has 1 aromatic carbocycles. The van der Waals surface area contributed by atoms with Crippen LogP contribution >= 0.6 is 11.3 Å². The first-order valence-corrected chi connectivity index (χ1v) is 9.09. The van der Waals surface area contributed by atoms with Crippen molar-refractivity contribution in [1.29, 1.82) is 0 Å². The normalized spacial score (nSPS) is 13.2. The summed E-state index contributed by atoms with van der Waals surface area (Å²) in [5.41, 5.74) is 5.67. The van der Waals surface area contributed by atoms with Crippen molar-refractivity contribution in [3.8, 4) is 0 Å². The summed E-state index contributed by atoms with van der Waals surface area (Å²) in [6.07, 6.45) is 0. The van der Waals surface area contributed by atoms with Crippen LogP contribution in [0.5, 0.6) is 0 Å². The van der Waals surface area contributed by atoms with E-state index in [-0.39, 0.29) is 12.0 Å². The third-order valence-corrected chi connectivity index (χ3v) is 6.42. The van der Waals surface area contributed by atoms with Gasteiger partial charge in [0.05, 0.1) is 0 Å². The Balaban J connectivity index is 2.59. The molecule has 0 spiro atoms. The van der Waals surface area contributed by atoms with Crippen LogP contribution in [-0.4, -0.2) is 26.3 Å².